The Labute approximate surface area is 200 Å². The van der Waals surface area contributed by atoms with Crippen molar-refractivity contribution in [2.24, 2.45) is 0 Å². The first-order valence-electron chi connectivity index (χ1n) is 11.3. The van der Waals surface area contributed by atoms with Crippen molar-refractivity contribution in [2.75, 3.05) is 24.5 Å². The van der Waals surface area contributed by atoms with Gasteiger partial charge in [0.2, 0.25) is 0 Å². The molecule has 0 saturated carbocycles. The van der Waals surface area contributed by atoms with Crippen LogP contribution in [-0.4, -0.2) is 34.1 Å². The van der Waals surface area contributed by atoms with Gasteiger partial charge in [-0.05, 0) is 42.3 Å². The van der Waals surface area contributed by atoms with Crippen LogP contribution in [0, 0.1) is 0 Å². The summed E-state index contributed by atoms with van der Waals surface area (Å²) < 4.78 is 39.6. The van der Waals surface area contributed by atoms with Crippen molar-refractivity contribution in [1.29, 1.82) is 0 Å². The number of hydrogen-bond donors (Lipinski definition) is 2. The summed E-state index contributed by atoms with van der Waals surface area (Å²) in [5.41, 5.74) is 1.85. The van der Waals surface area contributed by atoms with Crippen molar-refractivity contribution >= 4 is 21.6 Å². The van der Waals surface area contributed by atoms with E-state index in [1.807, 2.05) is 18.2 Å². The van der Waals surface area contributed by atoms with Gasteiger partial charge in [0.15, 0.2) is 11.5 Å². The number of sulfonamides is 1. The second kappa shape index (κ2) is 10.6. The summed E-state index contributed by atoms with van der Waals surface area (Å²) in [5, 5.41) is 2.96. The average Bonchev–Trinajstić information content (AvgIpc) is 3.10. The Bertz CT molecular complexity index is 1250. The van der Waals surface area contributed by atoms with Crippen molar-refractivity contribution in [1.82, 2.24) is 5.32 Å². The van der Waals surface area contributed by atoms with E-state index >= 15 is 0 Å². The van der Waals surface area contributed by atoms with Crippen molar-refractivity contribution in [3.05, 3.63) is 83.9 Å². The topological polar surface area (TPSA) is 93.7 Å². The minimum Gasteiger partial charge on any atom is -0.490 e. The van der Waals surface area contributed by atoms with Crippen molar-refractivity contribution < 1.29 is 22.7 Å². The summed E-state index contributed by atoms with van der Waals surface area (Å²) in [6, 6.07) is 21.0. The lowest BCUT2D eigenvalue weighted by Crippen LogP contribution is -2.28. The summed E-state index contributed by atoms with van der Waals surface area (Å²) in [6.07, 6.45) is 1.62. The van der Waals surface area contributed by atoms with E-state index in [0.29, 0.717) is 42.5 Å². The highest BCUT2D eigenvalue weighted by Crippen LogP contribution is 2.32. The largest absolute Gasteiger partial charge is 0.490 e. The van der Waals surface area contributed by atoms with E-state index in [1.54, 1.807) is 24.3 Å². The van der Waals surface area contributed by atoms with E-state index in [-0.39, 0.29) is 16.7 Å². The van der Waals surface area contributed by atoms with Gasteiger partial charge in [-0.3, -0.25) is 9.52 Å². The van der Waals surface area contributed by atoms with Gasteiger partial charge < -0.3 is 14.8 Å². The lowest BCUT2D eigenvalue weighted by molar-refractivity contribution is 0.0951. The third-order valence-electron chi connectivity index (χ3n) is 5.68. The predicted octanol–water partition coefficient (Wildman–Crippen LogP) is 4.57. The van der Waals surface area contributed by atoms with Gasteiger partial charge in [0.05, 0.1) is 18.1 Å². The molecule has 8 heteroatoms. The first-order chi connectivity index (χ1) is 16.5. The molecular formula is C26H28N2O5S. The van der Waals surface area contributed by atoms with Crippen molar-refractivity contribution in [3.8, 4) is 11.5 Å². The minimum absolute atomic E-state index is 0.0558. The molecule has 4 rings (SSSR count). The quantitative estimate of drug-likeness (QED) is 0.493. The SMILES string of the molecule is CCC(CNC(=O)c1cccc(NS(=O)(=O)c2ccc3c(c2)OCCCO3)c1)c1ccccc1. The molecule has 178 valence electrons. The first kappa shape index (κ1) is 23.6. The molecule has 7 nitrogen and oxygen atoms in total. The Morgan fingerprint density at radius 3 is 2.47 bits per heavy atom. The van der Waals surface area contributed by atoms with Crippen LogP contribution < -0.4 is 19.5 Å². The van der Waals surface area contributed by atoms with Crippen LogP contribution in [0.5, 0.6) is 11.5 Å². The summed E-state index contributed by atoms with van der Waals surface area (Å²) >= 11 is 0. The summed E-state index contributed by atoms with van der Waals surface area (Å²) in [4.78, 5) is 12.8. The molecular weight excluding hydrogens is 452 g/mol. The third kappa shape index (κ3) is 5.69. The Balaban J connectivity index is 1.44. The standard InChI is InChI=1S/C26H28N2O5S/c1-2-19(20-8-4-3-5-9-20)18-27-26(29)21-10-6-11-22(16-21)28-34(30,31)23-12-13-24-25(17-23)33-15-7-14-32-24/h3-6,8-13,16-17,19,28H,2,7,14-15,18H2,1H3,(H,27,29). The molecule has 0 fully saturated rings. The van der Waals surface area contributed by atoms with Crippen LogP contribution in [-0.2, 0) is 10.0 Å². The molecule has 0 saturated heterocycles. The highest BCUT2D eigenvalue weighted by molar-refractivity contribution is 7.92. The zero-order valence-electron chi connectivity index (χ0n) is 19.0. The lowest BCUT2D eigenvalue weighted by atomic mass is 9.96. The number of fused-ring (bicyclic) bond motifs is 1. The molecule has 1 aliphatic heterocycles. The van der Waals surface area contributed by atoms with Gasteiger partial charge in [-0.25, -0.2) is 8.42 Å². The van der Waals surface area contributed by atoms with E-state index in [2.05, 4.69) is 29.1 Å². The second-order valence-corrected chi connectivity index (χ2v) is 9.75. The molecule has 3 aromatic rings. The molecule has 1 heterocycles. The molecule has 1 aliphatic rings. The van der Waals surface area contributed by atoms with Gasteiger partial charge in [0.1, 0.15) is 0 Å². The second-order valence-electron chi connectivity index (χ2n) is 8.07. The number of benzene rings is 3. The molecule has 0 aromatic heterocycles. The number of carbonyl (C=O) groups is 1. The van der Waals surface area contributed by atoms with Crippen LogP contribution in [0.1, 0.15) is 41.6 Å². The molecule has 2 N–H and O–H groups in total. The zero-order valence-corrected chi connectivity index (χ0v) is 19.8. The van der Waals surface area contributed by atoms with E-state index < -0.39 is 10.0 Å². The molecule has 0 bridgehead atoms. The minimum atomic E-state index is -3.88. The van der Waals surface area contributed by atoms with E-state index in [9.17, 15) is 13.2 Å². The van der Waals surface area contributed by atoms with Crippen molar-refractivity contribution in [3.63, 3.8) is 0 Å². The number of anilines is 1. The maximum Gasteiger partial charge on any atom is 0.262 e. The predicted molar refractivity (Wildman–Crippen MR) is 131 cm³/mol. The normalized spacial score (nSPS) is 14.0. The fraction of sp³-hybridized carbons (Fsp3) is 0.269. The van der Waals surface area contributed by atoms with Crippen LogP contribution in [0.3, 0.4) is 0 Å². The summed E-state index contributed by atoms with van der Waals surface area (Å²) in [5.74, 6) is 0.866. The van der Waals surface area contributed by atoms with E-state index in [4.69, 9.17) is 9.47 Å². The molecule has 3 aromatic carbocycles. The monoisotopic (exact) mass is 480 g/mol. The number of ether oxygens (including phenoxy) is 2. The highest BCUT2D eigenvalue weighted by atomic mass is 32.2. The molecule has 0 radical (unpaired) electrons. The molecule has 1 amide bonds. The van der Waals surface area contributed by atoms with Crippen LogP contribution in [0.25, 0.3) is 0 Å². The molecule has 0 aliphatic carbocycles. The van der Waals surface area contributed by atoms with Crippen molar-refractivity contribution in [2.45, 2.75) is 30.6 Å². The third-order valence-corrected chi connectivity index (χ3v) is 7.06. The van der Waals surface area contributed by atoms with Gasteiger partial charge in [0, 0.05) is 36.2 Å². The van der Waals surface area contributed by atoms with Gasteiger partial charge >= 0.3 is 0 Å². The maximum absolute atomic E-state index is 13.0. The molecule has 34 heavy (non-hydrogen) atoms. The van der Waals surface area contributed by atoms with E-state index in [0.717, 1.165) is 12.8 Å². The number of amides is 1. The maximum atomic E-state index is 13.0. The zero-order chi connectivity index (χ0) is 24.0. The smallest absolute Gasteiger partial charge is 0.262 e. The molecule has 1 atom stereocenters. The van der Waals surface area contributed by atoms with Gasteiger partial charge in [-0.2, -0.15) is 0 Å². The molecule has 1 unspecified atom stereocenters. The Morgan fingerprint density at radius 1 is 0.941 bits per heavy atom. The Hall–Kier alpha value is -3.52. The van der Waals surface area contributed by atoms with Crippen LogP contribution in [0.15, 0.2) is 77.7 Å². The van der Waals surface area contributed by atoms with Gasteiger partial charge in [-0.1, -0.05) is 43.3 Å². The summed E-state index contributed by atoms with van der Waals surface area (Å²) in [7, 11) is -3.88. The highest BCUT2D eigenvalue weighted by Gasteiger charge is 2.20. The first-order valence-corrected chi connectivity index (χ1v) is 12.8. The van der Waals surface area contributed by atoms with Crippen LogP contribution in [0.2, 0.25) is 0 Å². The number of hydrogen-bond acceptors (Lipinski definition) is 5. The Morgan fingerprint density at radius 2 is 1.71 bits per heavy atom. The number of rotatable bonds is 8. The van der Waals surface area contributed by atoms with Gasteiger partial charge in [-0.15, -0.1) is 0 Å². The Kier molecular flexibility index (Phi) is 7.37. The van der Waals surface area contributed by atoms with Crippen LogP contribution in [0.4, 0.5) is 5.69 Å². The summed E-state index contributed by atoms with van der Waals surface area (Å²) in [6.45, 7) is 3.56. The lowest BCUT2D eigenvalue weighted by Gasteiger charge is -2.16. The number of nitrogens with one attached hydrogen (secondary N) is 2. The van der Waals surface area contributed by atoms with Crippen LogP contribution >= 0.6 is 0 Å². The fourth-order valence-corrected chi connectivity index (χ4v) is 4.85. The van der Waals surface area contributed by atoms with E-state index in [1.165, 1.54) is 23.8 Å². The number of carbonyl (C=O) groups excluding carboxylic acids is 1. The average molecular weight is 481 g/mol. The fourth-order valence-electron chi connectivity index (χ4n) is 3.79. The van der Waals surface area contributed by atoms with Gasteiger partial charge in [0.25, 0.3) is 15.9 Å². The molecule has 0 spiro atoms.